The molecule has 0 amide bonds. The van der Waals surface area contributed by atoms with Crippen LogP contribution >= 0.6 is 0 Å². The van der Waals surface area contributed by atoms with Crippen molar-refractivity contribution in [3.63, 3.8) is 0 Å². The summed E-state index contributed by atoms with van der Waals surface area (Å²) in [6, 6.07) is 7.93. The molecule has 96 valence electrons. The van der Waals surface area contributed by atoms with Gasteiger partial charge in [0, 0.05) is 42.2 Å². The second-order valence-electron chi connectivity index (χ2n) is 4.70. The van der Waals surface area contributed by atoms with Crippen molar-refractivity contribution >= 4 is 10.8 Å². The first-order chi connectivity index (χ1) is 9.16. The van der Waals surface area contributed by atoms with Crippen LogP contribution in [0.2, 0.25) is 0 Å². The molecule has 0 aliphatic carbocycles. The molecule has 2 heterocycles. The smallest absolute Gasteiger partial charge is 0.109 e. The Hall–Kier alpha value is -2.20. The van der Waals surface area contributed by atoms with E-state index in [0.29, 0.717) is 0 Å². The Balaban J connectivity index is 2.16. The van der Waals surface area contributed by atoms with Gasteiger partial charge in [0.05, 0.1) is 5.69 Å². The van der Waals surface area contributed by atoms with E-state index >= 15 is 0 Å². The summed E-state index contributed by atoms with van der Waals surface area (Å²) >= 11 is 0. The molecule has 0 saturated carbocycles. The van der Waals surface area contributed by atoms with E-state index in [-0.39, 0.29) is 0 Å². The molecule has 0 radical (unpaired) electrons. The maximum Gasteiger partial charge on any atom is 0.109 e. The van der Waals surface area contributed by atoms with Crippen molar-refractivity contribution in [2.45, 2.75) is 13.0 Å². The maximum atomic E-state index is 10.6. The van der Waals surface area contributed by atoms with Crippen LogP contribution in [0.3, 0.4) is 0 Å². The minimum absolute atomic E-state index is 0.702. The van der Waals surface area contributed by atoms with Gasteiger partial charge in [0.1, 0.15) is 6.10 Å². The molecule has 1 aromatic carbocycles. The number of aromatic nitrogens is 3. The molecular weight excluding hydrogens is 238 g/mol. The van der Waals surface area contributed by atoms with Gasteiger partial charge in [-0.1, -0.05) is 24.3 Å². The van der Waals surface area contributed by atoms with Crippen LogP contribution in [0.4, 0.5) is 0 Å². The van der Waals surface area contributed by atoms with Crippen LogP contribution in [-0.2, 0) is 7.05 Å². The van der Waals surface area contributed by atoms with E-state index < -0.39 is 6.10 Å². The zero-order chi connectivity index (χ0) is 13.4. The molecule has 19 heavy (non-hydrogen) atoms. The van der Waals surface area contributed by atoms with E-state index in [1.165, 1.54) is 0 Å². The largest absolute Gasteiger partial charge is 0.383 e. The first kappa shape index (κ1) is 11.9. The standard InChI is InChI=1S/C15H15N3O/c1-10-14(9-18(2)17-10)15(19)13-8-16-7-11-5-3-4-6-12(11)13/h3-9,15,19H,1-2H3. The van der Waals surface area contributed by atoms with Gasteiger partial charge in [0.15, 0.2) is 0 Å². The lowest BCUT2D eigenvalue weighted by atomic mass is 9.99. The summed E-state index contributed by atoms with van der Waals surface area (Å²) in [7, 11) is 1.85. The number of pyridine rings is 1. The van der Waals surface area contributed by atoms with E-state index in [1.54, 1.807) is 10.9 Å². The summed E-state index contributed by atoms with van der Waals surface area (Å²) in [5.41, 5.74) is 2.47. The molecule has 1 N–H and O–H groups in total. The molecule has 0 saturated heterocycles. The summed E-state index contributed by atoms with van der Waals surface area (Å²) in [6.07, 6.45) is 4.68. The van der Waals surface area contributed by atoms with Gasteiger partial charge in [0.2, 0.25) is 0 Å². The Kier molecular flexibility index (Phi) is 2.80. The minimum Gasteiger partial charge on any atom is -0.383 e. The molecule has 3 aromatic rings. The first-order valence-corrected chi connectivity index (χ1v) is 6.17. The highest BCUT2D eigenvalue weighted by Gasteiger charge is 2.18. The number of benzene rings is 1. The van der Waals surface area contributed by atoms with Crippen molar-refractivity contribution in [1.29, 1.82) is 0 Å². The molecular formula is C15H15N3O. The van der Waals surface area contributed by atoms with Crippen LogP contribution in [0.5, 0.6) is 0 Å². The first-order valence-electron chi connectivity index (χ1n) is 6.17. The van der Waals surface area contributed by atoms with Crippen LogP contribution in [-0.4, -0.2) is 19.9 Å². The van der Waals surface area contributed by atoms with Crippen LogP contribution in [0, 0.1) is 6.92 Å². The summed E-state index contributed by atoms with van der Waals surface area (Å²) < 4.78 is 1.71. The van der Waals surface area contributed by atoms with E-state index in [0.717, 1.165) is 27.6 Å². The van der Waals surface area contributed by atoms with Crippen molar-refractivity contribution in [3.05, 3.63) is 59.7 Å². The Bertz CT molecular complexity index is 728. The van der Waals surface area contributed by atoms with Crippen molar-refractivity contribution < 1.29 is 5.11 Å². The van der Waals surface area contributed by atoms with Crippen LogP contribution in [0.15, 0.2) is 42.9 Å². The molecule has 0 fully saturated rings. The fraction of sp³-hybridized carbons (Fsp3) is 0.200. The van der Waals surface area contributed by atoms with Gasteiger partial charge >= 0.3 is 0 Å². The topological polar surface area (TPSA) is 50.9 Å². The highest BCUT2D eigenvalue weighted by molar-refractivity contribution is 5.85. The normalized spacial score (nSPS) is 12.8. The fourth-order valence-electron chi connectivity index (χ4n) is 2.41. The van der Waals surface area contributed by atoms with Gasteiger partial charge in [-0.3, -0.25) is 9.67 Å². The number of hydrogen-bond donors (Lipinski definition) is 1. The van der Waals surface area contributed by atoms with E-state index in [4.69, 9.17) is 0 Å². The minimum atomic E-state index is -0.702. The van der Waals surface area contributed by atoms with Crippen LogP contribution < -0.4 is 0 Å². The van der Waals surface area contributed by atoms with Crippen LogP contribution in [0.25, 0.3) is 10.8 Å². The van der Waals surface area contributed by atoms with Gasteiger partial charge in [0.25, 0.3) is 0 Å². The predicted molar refractivity (Wildman–Crippen MR) is 73.7 cm³/mol. The summed E-state index contributed by atoms with van der Waals surface area (Å²) in [5, 5.41) is 16.9. The van der Waals surface area contributed by atoms with Crippen molar-refractivity contribution in [1.82, 2.24) is 14.8 Å². The van der Waals surface area contributed by atoms with Gasteiger partial charge in [-0.2, -0.15) is 5.10 Å². The Labute approximate surface area is 111 Å². The summed E-state index contributed by atoms with van der Waals surface area (Å²) in [6.45, 7) is 1.90. The molecule has 0 bridgehead atoms. The molecule has 0 aliphatic heterocycles. The average Bonchev–Trinajstić information content (AvgIpc) is 2.76. The molecule has 0 aliphatic rings. The SMILES string of the molecule is Cc1nn(C)cc1C(O)c1cncc2ccccc12. The second kappa shape index (κ2) is 4.48. The van der Waals surface area contributed by atoms with Gasteiger partial charge < -0.3 is 5.11 Å². The van der Waals surface area contributed by atoms with E-state index in [1.807, 2.05) is 50.6 Å². The quantitative estimate of drug-likeness (QED) is 0.762. The number of aryl methyl sites for hydroxylation is 2. The molecule has 1 atom stereocenters. The summed E-state index contributed by atoms with van der Waals surface area (Å²) in [5.74, 6) is 0. The van der Waals surface area contributed by atoms with Crippen LogP contribution in [0.1, 0.15) is 22.9 Å². The lowest BCUT2D eigenvalue weighted by Crippen LogP contribution is -2.02. The molecule has 4 heteroatoms. The Morgan fingerprint density at radius 1 is 1.16 bits per heavy atom. The van der Waals surface area contributed by atoms with Crippen molar-refractivity contribution in [3.8, 4) is 0 Å². The third-order valence-corrected chi connectivity index (χ3v) is 3.34. The van der Waals surface area contributed by atoms with E-state index in [2.05, 4.69) is 10.1 Å². The summed E-state index contributed by atoms with van der Waals surface area (Å²) in [4.78, 5) is 4.21. The third-order valence-electron chi connectivity index (χ3n) is 3.34. The Morgan fingerprint density at radius 2 is 1.95 bits per heavy atom. The Morgan fingerprint density at radius 3 is 2.68 bits per heavy atom. The number of rotatable bonds is 2. The van der Waals surface area contributed by atoms with Gasteiger partial charge in [-0.15, -0.1) is 0 Å². The molecule has 4 nitrogen and oxygen atoms in total. The zero-order valence-electron chi connectivity index (χ0n) is 10.9. The van der Waals surface area contributed by atoms with Gasteiger partial charge in [-0.05, 0) is 12.3 Å². The fourth-order valence-corrected chi connectivity index (χ4v) is 2.41. The number of aliphatic hydroxyl groups excluding tert-OH is 1. The average molecular weight is 253 g/mol. The second-order valence-corrected chi connectivity index (χ2v) is 4.70. The molecule has 3 rings (SSSR count). The number of fused-ring (bicyclic) bond motifs is 1. The number of aliphatic hydroxyl groups is 1. The highest BCUT2D eigenvalue weighted by atomic mass is 16.3. The maximum absolute atomic E-state index is 10.6. The number of hydrogen-bond acceptors (Lipinski definition) is 3. The lowest BCUT2D eigenvalue weighted by molar-refractivity contribution is 0.220. The highest BCUT2D eigenvalue weighted by Crippen LogP contribution is 2.29. The third kappa shape index (κ3) is 2.00. The predicted octanol–water partition coefficient (Wildman–Crippen LogP) is 2.36. The monoisotopic (exact) mass is 253 g/mol. The molecule has 1 unspecified atom stereocenters. The zero-order valence-corrected chi connectivity index (χ0v) is 10.9. The molecule has 2 aromatic heterocycles. The molecule has 0 spiro atoms. The lowest BCUT2D eigenvalue weighted by Gasteiger charge is -2.12. The number of nitrogens with zero attached hydrogens (tertiary/aromatic N) is 3. The van der Waals surface area contributed by atoms with Crippen molar-refractivity contribution in [2.24, 2.45) is 7.05 Å². The van der Waals surface area contributed by atoms with Crippen molar-refractivity contribution in [2.75, 3.05) is 0 Å². The van der Waals surface area contributed by atoms with E-state index in [9.17, 15) is 5.11 Å². The van der Waals surface area contributed by atoms with Gasteiger partial charge in [-0.25, -0.2) is 0 Å².